The summed E-state index contributed by atoms with van der Waals surface area (Å²) in [5.41, 5.74) is 4.57. The Labute approximate surface area is 222 Å². The van der Waals surface area contributed by atoms with Gasteiger partial charge in [0.1, 0.15) is 16.6 Å². The molecule has 0 unspecified atom stereocenters. The number of benzene rings is 1. The lowest BCUT2D eigenvalue weighted by Gasteiger charge is -2.05. The van der Waals surface area contributed by atoms with Gasteiger partial charge in [0.2, 0.25) is 0 Å². The first-order valence-electron chi connectivity index (χ1n) is 11.8. The van der Waals surface area contributed by atoms with E-state index in [1.54, 1.807) is 4.52 Å². The van der Waals surface area contributed by atoms with Gasteiger partial charge in [0, 0.05) is 17.9 Å². The lowest BCUT2D eigenvalue weighted by atomic mass is 10.2. The summed E-state index contributed by atoms with van der Waals surface area (Å²) < 4.78 is 9.35. The maximum atomic E-state index is 10.4. The molecule has 4 aromatic heterocycles. The summed E-state index contributed by atoms with van der Waals surface area (Å²) in [6, 6.07) is 8.06. The highest BCUT2D eigenvalue weighted by molar-refractivity contribution is 7.99. The fourth-order valence-corrected chi connectivity index (χ4v) is 4.79. The number of aryl methyl sites for hydroxylation is 5. The molecule has 5 aromatic rings. The molecule has 5 rings (SSSR count). The Kier molecular flexibility index (Phi) is 8.39. The molecule has 0 bridgehead atoms. The van der Waals surface area contributed by atoms with E-state index in [0.29, 0.717) is 23.0 Å². The molecule has 0 aliphatic heterocycles. The molecule has 0 radical (unpaired) electrons. The van der Waals surface area contributed by atoms with Gasteiger partial charge in [-0.3, -0.25) is 15.0 Å². The van der Waals surface area contributed by atoms with Gasteiger partial charge in [0.15, 0.2) is 17.1 Å². The van der Waals surface area contributed by atoms with Gasteiger partial charge in [-0.1, -0.05) is 29.3 Å². The summed E-state index contributed by atoms with van der Waals surface area (Å²) in [5.74, 6) is 2.31. The van der Waals surface area contributed by atoms with Crippen molar-refractivity contribution in [3.8, 4) is 5.75 Å². The molecule has 4 heterocycles. The van der Waals surface area contributed by atoms with E-state index in [1.165, 1.54) is 17.3 Å². The molecule has 0 saturated carbocycles. The smallest absolute Gasteiger partial charge is 0.304 e. The van der Waals surface area contributed by atoms with E-state index in [4.69, 9.17) is 21.4 Å². The number of thioether (sulfide) groups is 1. The van der Waals surface area contributed by atoms with E-state index in [1.807, 2.05) is 49.6 Å². The number of aliphatic carboxylic acids is 1. The topological polar surface area (TPSA) is 138 Å². The Morgan fingerprint density at radius 2 is 1.70 bits per heavy atom. The maximum Gasteiger partial charge on any atom is 0.304 e. The quantitative estimate of drug-likeness (QED) is 0.181. The largest absolute Gasteiger partial charge is 0.494 e. The molecule has 196 valence electrons. The van der Waals surface area contributed by atoms with Gasteiger partial charge in [-0.2, -0.15) is 0 Å². The highest BCUT2D eigenvalue weighted by Crippen LogP contribution is 2.27. The Morgan fingerprint density at radius 1 is 1.00 bits per heavy atom. The van der Waals surface area contributed by atoms with Crippen molar-refractivity contribution in [2.24, 2.45) is 0 Å². The van der Waals surface area contributed by atoms with Crippen LogP contribution in [0.5, 0.6) is 5.75 Å². The number of fused-ring (bicyclic) bond motifs is 2. The van der Waals surface area contributed by atoms with E-state index in [9.17, 15) is 4.79 Å². The molecular formula is C24H29ClN8O3S. The van der Waals surface area contributed by atoms with Crippen molar-refractivity contribution in [2.45, 2.75) is 51.9 Å². The molecule has 11 nitrogen and oxygen atoms in total. The number of ether oxygens (including phenoxy) is 1. The standard InChI is InChI=1S/C15H17ClN4O.C9H12N4O2S/c1-10-5-7-12(8-6-10)21-9-3-4-13-17-18-15-14(16)11(2)19-20(13)15;1-5-8(16-4-3-7(14)15)9-11-10-6(2)13(9)12-5/h5-8,19H,3-4,9H2,1-2H3;12H,3-4H2,1-2H3,(H,14,15). The van der Waals surface area contributed by atoms with Crippen LogP contribution >= 0.6 is 23.4 Å². The summed E-state index contributed by atoms with van der Waals surface area (Å²) in [5, 5.41) is 31.8. The molecule has 0 aliphatic carbocycles. The van der Waals surface area contributed by atoms with Crippen molar-refractivity contribution in [1.82, 2.24) is 39.6 Å². The first-order valence-corrected chi connectivity index (χ1v) is 13.1. The van der Waals surface area contributed by atoms with E-state index in [-0.39, 0.29) is 6.42 Å². The number of nitrogens with zero attached hydrogens (tertiary/aromatic N) is 6. The molecule has 13 heteroatoms. The maximum absolute atomic E-state index is 10.4. The number of carboxylic acids is 1. The van der Waals surface area contributed by atoms with Crippen molar-refractivity contribution in [2.75, 3.05) is 12.4 Å². The fourth-order valence-electron chi connectivity index (χ4n) is 3.62. The van der Waals surface area contributed by atoms with Gasteiger partial charge in [-0.05, 0) is 46.2 Å². The monoisotopic (exact) mass is 544 g/mol. The summed E-state index contributed by atoms with van der Waals surface area (Å²) >= 11 is 7.62. The average molecular weight is 545 g/mol. The van der Waals surface area contributed by atoms with Crippen LogP contribution in [-0.2, 0) is 11.2 Å². The average Bonchev–Trinajstić information content (AvgIpc) is 3.58. The molecule has 1 aromatic carbocycles. The SMILES string of the molecule is Cc1[nH]n2c(C)nnc2c1SCCC(=O)O.Cc1ccc(OCCCc2nnc3c(Cl)c(C)[nH]n23)cc1. The predicted octanol–water partition coefficient (Wildman–Crippen LogP) is 4.58. The minimum Gasteiger partial charge on any atom is -0.494 e. The molecule has 3 N–H and O–H groups in total. The summed E-state index contributed by atoms with van der Waals surface area (Å²) in [4.78, 5) is 11.4. The normalized spacial score (nSPS) is 11.2. The zero-order valence-electron chi connectivity index (χ0n) is 21.1. The number of carboxylic acid groups (broad SMARTS) is 1. The second-order valence-corrected chi connectivity index (χ2v) is 10.0. The second kappa shape index (κ2) is 11.7. The first kappa shape index (κ1) is 26.6. The van der Waals surface area contributed by atoms with Crippen molar-refractivity contribution < 1.29 is 14.6 Å². The molecule has 0 amide bonds. The molecule has 0 aliphatic rings. The van der Waals surface area contributed by atoms with E-state index < -0.39 is 5.97 Å². The van der Waals surface area contributed by atoms with Crippen LogP contribution in [0.25, 0.3) is 11.3 Å². The zero-order chi connectivity index (χ0) is 26.5. The fraction of sp³-hybridized carbons (Fsp3) is 0.375. The third-order valence-corrected chi connectivity index (χ3v) is 7.22. The van der Waals surface area contributed by atoms with E-state index in [2.05, 4.69) is 37.5 Å². The van der Waals surface area contributed by atoms with Gasteiger partial charge in [0.05, 0.1) is 23.6 Å². The third kappa shape index (κ3) is 6.25. The molecular weight excluding hydrogens is 516 g/mol. The van der Waals surface area contributed by atoms with Crippen LogP contribution in [0.3, 0.4) is 0 Å². The predicted molar refractivity (Wildman–Crippen MR) is 142 cm³/mol. The van der Waals surface area contributed by atoms with Crippen molar-refractivity contribution >= 4 is 40.6 Å². The Balaban J connectivity index is 0.000000180. The number of aromatic nitrogens is 8. The molecule has 0 atom stereocenters. The summed E-state index contributed by atoms with van der Waals surface area (Å²) in [7, 11) is 0. The number of nitrogens with one attached hydrogen (secondary N) is 2. The van der Waals surface area contributed by atoms with Crippen LogP contribution in [0.2, 0.25) is 5.02 Å². The Hall–Kier alpha value is -3.51. The highest BCUT2D eigenvalue weighted by Gasteiger charge is 2.14. The van der Waals surface area contributed by atoms with Crippen LogP contribution in [0.1, 0.15) is 41.4 Å². The number of hydrogen-bond acceptors (Lipinski definition) is 7. The third-order valence-electron chi connectivity index (χ3n) is 5.58. The lowest BCUT2D eigenvalue weighted by molar-refractivity contribution is -0.136. The number of hydrogen-bond donors (Lipinski definition) is 3. The second-order valence-electron chi connectivity index (χ2n) is 8.56. The Bertz CT molecular complexity index is 1500. The minimum absolute atomic E-state index is 0.147. The van der Waals surface area contributed by atoms with Gasteiger partial charge in [-0.15, -0.1) is 32.2 Å². The van der Waals surface area contributed by atoms with Gasteiger partial charge in [-0.25, -0.2) is 9.03 Å². The molecule has 0 fully saturated rings. The van der Waals surface area contributed by atoms with Crippen molar-refractivity contribution in [3.63, 3.8) is 0 Å². The van der Waals surface area contributed by atoms with Crippen molar-refractivity contribution in [3.05, 3.63) is 57.9 Å². The minimum atomic E-state index is -0.783. The first-order chi connectivity index (χ1) is 17.7. The molecule has 37 heavy (non-hydrogen) atoms. The van der Waals surface area contributed by atoms with Crippen molar-refractivity contribution in [1.29, 1.82) is 0 Å². The number of H-pyrrole nitrogens is 2. The summed E-state index contributed by atoms with van der Waals surface area (Å²) in [6.45, 7) is 8.43. The number of aromatic amines is 2. The summed E-state index contributed by atoms with van der Waals surface area (Å²) in [6.07, 6.45) is 1.79. The van der Waals surface area contributed by atoms with Crippen LogP contribution in [0.4, 0.5) is 0 Å². The van der Waals surface area contributed by atoms with Crippen LogP contribution < -0.4 is 4.74 Å². The van der Waals surface area contributed by atoms with Gasteiger partial charge >= 0.3 is 5.97 Å². The Morgan fingerprint density at radius 3 is 2.43 bits per heavy atom. The number of halogens is 1. The lowest BCUT2D eigenvalue weighted by Crippen LogP contribution is -2.02. The highest BCUT2D eigenvalue weighted by atomic mass is 35.5. The zero-order valence-corrected chi connectivity index (χ0v) is 22.7. The van der Waals surface area contributed by atoms with Gasteiger partial charge < -0.3 is 9.84 Å². The molecule has 0 saturated heterocycles. The van der Waals surface area contributed by atoms with Crippen LogP contribution in [0, 0.1) is 27.7 Å². The van der Waals surface area contributed by atoms with Crippen LogP contribution in [-0.4, -0.2) is 63.1 Å². The molecule has 0 spiro atoms. The van der Waals surface area contributed by atoms with Crippen LogP contribution in [0.15, 0.2) is 29.2 Å². The number of carbonyl (C=O) groups is 1. The van der Waals surface area contributed by atoms with E-state index in [0.717, 1.165) is 52.2 Å². The van der Waals surface area contributed by atoms with E-state index >= 15 is 0 Å². The van der Waals surface area contributed by atoms with Gasteiger partial charge in [0.25, 0.3) is 0 Å². The number of rotatable bonds is 9.